The highest BCUT2D eigenvalue weighted by Gasteiger charge is 2.03. The highest BCUT2D eigenvalue weighted by molar-refractivity contribution is 5.32. The maximum Gasteiger partial charge on any atom is 0.123 e. The van der Waals surface area contributed by atoms with E-state index in [1.807, 2.05) is 24.3 Å². The first-order chi connectivity index (χ1) is 7.34. The molecule has 0 saturated heterocycles. The van der Waals surface area contributed by atoms with Gasteiger partial charge in [0.2, 0.25) is 0 Å². The number of ether oxygens (including phenoxy) is 1. The molecule has 3 heteroatoms. The molecule has 0 saturated carbocycles. The van der Waals surface area contributed by atoms with Gasteiger partial charge in [-0.2, -0.15) is 0 Å². The van der Waals surface area contributed by atoms with E-state index >= 15 is 0 Å². The fraction of sp³-hybridized carbons (Fsp3) is 0.0833. The van der Waals surface area contributed by atoms with Crippen molar-refractivity contribution in [2.24, 2.45) is 0 Å². The molecule has 1 aromatic carbocycles. The fourth-order valence-corrected chi connectivity index (χ4v) is 1.27. The van der Waals surface area contributed by atoms with Crippen molar-refractivity contribution in [2.75, 3.05) is 5.73 Å². The van der Waals surface area contributed by atoms with Gasteiger partial charge in [0.05, 0.1) is 0 Å². The summed E-state index contributed by atoms with van der Waals surface area (Å²) in [5, 5.41) is 0. The Labute approximate surface area is 88.5 Å². The van der Waals surface area contributed by atoms with Crippen molar-refractivity contribution in [1.82, 2.24) is 4.98 Å². The number of nitrogens with zero attached hydrogens (tertiary/aromatic N) is 1. The molecule has 0 amide bonds. The van der Waals surface area contributed by atoms with Gasteiger partial charge in [-0.1, -0.05) is 18.2 Å². The molecule has 2 N–H and O–H groups in total. The van der Waals surface area contributed by atoms with Crippen molar-refractivity contribution in [2.45, 2.75) is 6.61 Å². The molecule has 0 spiro atoms. The molecule has 15 heavy (non-hydrogen) atoms. The zero-order valence-electron chi connectivity index (χ0n) is 8.26. The van der Waals surface area contributed by atoms with Gasteiger partial charge in [-0.25, -0.2) is 4.98 Å². The van der Waals surface area contributed by atoms with Crippen molar-refractivity contribution < 1.29 is 4.74 Å². The van der Waals surface area contributed by atoms with E-state index in [2.05, 4.69) is 17.1 Å². The predicted molar refractivity (Wildman–Crippen MR) is 59.4 cm³/mol. The van der Waals surface area contributed by atoms with Gasteiger partial charge in [0.15, 0.2) is 0 Å². The number of benzene rings is 1. The third-order valence-corrected chi connectivity index (χ3v) is 1.99. The summed E-state index contributed by atoms with van der Waals surface area (Å²) in [6.07, 6.45) is 1.66. The number of hydrogen-bond donors (Lipinski definition) is 1. The topological polar surface area (TPSA) is 48.1 Å². The van der Waals surface area contributed by atoms with Crippen molar-refractivity contribution in [3.05, 3.63) is 54.2 Å². The third-order valence-electron chi connectivity index (χ3n) is 1.99. The Bertz CT molecular complexity index is 409. The third kappa shape index (κ3) is 2.71. The molecule has 1 aromatic heterocycles. The monoisotopic (exact) mass is 200 g/mol. The van der Waals surface area contributed by atoms with Crippen LogP contribution in [0.4, 0.5) is 5.82 Å². The molecular weight excluding hydrogens is 188 g/mol. The first-order valence-corrected chi connectivity index (χ1v) is 4.73. The van der Waals surface area contributed by atoms with Crippen molar-refractivity contribution in [3.8, 4) is 5.75 Å². The Morgan fingerprint density at radius 3 is 2.60 bits per heavy atom. The molecule has 2 bridgehead atoms. The van der Waals surface area contributed by atoms with Gasteiger partial charge in [-0.05, 0) is 29.8 Å². The highest BCUT2D eigenvalue weighted by Crippen LogP contribution is 2.20. The average Bonchev–Trinajstić information content (AvgIpc) is 2.60. The van der Waals surface area contributed by atoms with Gasteiger partial charge < -0.3 is 10.5 Å². The first kappa shape index (κ1) is 9.52. The number of aromatic nitrogens is 1. The van der Waals surface area contributed by atoms with E-state index < -0.39 is 0 Å². The first-order valence-electron chi connectivity index (χ1n) is 4.73. The number of pyridine rings is 1. The van der Waals surface area contributed by atoms with E-state index in [0.29, 0.717) is 5.82 Å². The number of hydrogen-bond acceptors (Lipinski definition) is 3. The summed E-state index contributed by atoms with van der Waals surface area (Å²) in [5.41, 5.74) is 6.53. The Morgan fingerprint density at radius 2 is 2.07 bits per heavy atom. The zero-order valence-corrected chi connectivity index (χ0v) is 8.26. The van der Waals surface area contributed by atoms with Crippen LogP contribution in [0, 0.1) is 0 Å². The average molecular weight is 200 g/mol. The lowest BCUT2D eigenvalue weighted by atomic mass is 10.2. The summed E-state index contributed by atoms with van der Waals surface area (Å²) in [6.45, 7) is 0.766. The Hall–Kier alpha value is -2.03. The molecule has 0 aliphatic carbocycles. The fourth-order valence-electron chi connectivity index (χ4n) is 1.27. The summed E-state index contributed by atoms with van der Waals surface area (Å²) in [7, 11) is 0. The Morgan fingerprint density at radius 1 is 1.13 bits per heavy atom. The number of nitrogens with two attached hydrogens (primary N) is 1. The minimum Gasteiger partial charge on any atom is -0.489 e. The van der Waals surface area contributed by atoms with Crippen LogP contribution in [0.2, 0.25) is 0 Å². The van der Waals surface area contributed by atoms with Crippen LogP contribution in [-0.4, -0.2) is 4.98 Å². The predicted octanol–water partition coefficient (Wildman–Crippen LogP) is 2.24. The van der Waals surface area contributed by atoms with Crippen LogP contribution in [0.25, 0.3) is 0 Å². The van der Waals surface area contributed by atoms with Crippen LogP contribution in [0.1, 0.15) is 5.56 Å². The van der Waals surface area contributed by atoms with Crippen molar-refractivity contribution in [3.63, 3.8) is 0 Å². The second kappa shape index (κ2) is 4.46. The summed E-state index contributed by atoms with van der Waals surface area (Å²) >= 11 is 0. The molecular formula is C12H12N2O. The molecule has 0 atom stereocenters. The largest absolute Gasteiger partial charge is 0.489 e. The lowest BCUT2D eigenvalue weighted by molar-refractivity contribution is 0.328. The molecule has 2 aromatic rings. The van der Waals surface area contributed by atoms with E-state index in [4.69, 9.17) is 10.5 Å². The Kier molecular flexibility index (Phi) is 2.83. The zero-order chi connectivity index (χ0) is 10.5. The van der Waals surface area contributed by atoms with Crippen molar-refractivity contribution >= 4 is 5.82 Å². The lowest BCUT2D eigenvalue weighted by Crippen LogP contribution is -1.85. The second-order valence-corrected chi connectivity index (χ2v) is 3.19. The number of fused-ring (bicyclic) bond motifs is 2. The second-order valence-electron chi connectivity index (χ2n) is 3.19. The minimum absolute atomic E-state index is 0.572. The maximum absolute atomic E-state index is 5.25. The molecule has 3 rings (SSSR count). The molecule has 2 heterocycles. The van der Waals surface area contributed by atoms with E-state index in [-0.39, 0.29) is 0 Å². The number of anilines is 1. The molecule has 0 unspecified atom stereocenters. The molecule has 1 aliphatic rings. The lowest BCUT2D eigenvalue weighted by Gasteiger charge is -1.88. The number of nitrogen functional groups attached to an aromatic ring is 1. The molecule has 0 fully saturated rings. The van der Waals surface area contributed by atoms with E-state index in [9.17, 15) is 0 Å². The van der Waals surface area contributed by atoms with E-state index in [1.54, 1.807) is 12.3 Å². The SMILES string of the molecule is Nc1ccccn1.c1cc2cc(c1)OC2. The van der Waals surface area contributed by atoms with Crippen LogP contribution in [0.5, 0.6) is 5.75 Å². The summed E-state index contributed by atoms with van der Waals surface area (Å²) in [6, 6.07) is 13.5. The number of rotatable bonds is 0. The van der Waals surface area contributed by atoms with Crippen LogP contribution < -0.4 is 10.5 Å². The van der Waals surface area contributed by atoms with Gasteiger partial charge in [0.25, 0.3) is 0 Å². The molecule has 3 nitrogen and oxygen atoms in total. The molecule has 0 radical (unpaired) electrons. The van der Waals surface area contributed by atoms with Crippen molar-refractivity contribution in [1.29, 1.82) is 0 Å². The summed E-state index contributed by atoms with van der Waals surface area (Å²) < 4.78 is 5.18. The highest BCUT2D eigenvalue weighted by atomic mass is 16.5. The summed E-state index contributed by atoms with van der Waals surface area (Å²) in [4.78, 5) is 3.76. The van der Waals surface area contributed by atoms with Crippen LogP contribution in [0.3, 0.4) is 0 Å². The van der Waals surface area contributed by atoms with Crippen LogP contribution in [0.15, 0.2) is 48.7 Å². The van der Waals surface area contributed by atoms with Gasteiger partial charge >= 0.3 is 0 Å². The van der Waals surface area contributed by atoms with Crippen LogP contribution in [-0.2, 0) is 6.61 Å². The van der Waals surface area contributed by atoms with E-state index in [0.717, 1.165) is 12.4 Å². The van der Waals surface area contributed by atoms with Gasteiger partial charge in [-0.15, -0.1) is 0 Å². The normalized spacial score (nSPS) is 11.2. The standard InChI is InChI=1S/C7H6O.C5H6N2/c1-2-6-4-7(3-1)8-5-6;6-5-3-1-2-4-7-5/h1-4H,5H2;1-4H,(H2,6,7). The summed E-state index contributed by atoms with van der Waals surface area (Å²) in [5.74, 6) is 1.57. The maximum atomic E-state index is 5.25. The van der Waals surface area contributed by atoms with Crippen LogP contribution >= 0.6 is 0 Å². The van der Waals surface area contributed by atoms with Gasteiger partial charge in [0, 0.05) is 6.20 Å². The smallest absolute Gasteiger partial charge is 0.123 e. The molecule has 1 aliphatic heterocycles. The quantitative estimate of drug-likeness (QED) is 0.709. The Balaban J connectivity index is 0.000000115. The van der Waals surface area contributed by atoms with E-state index in [1.165, 1.54) is 5.56 Å². The minimum atomic E-state index is 0.572. The molecule has 76 valence electrons. The van der Waals surface area contributed by atoms with Gasteiger partial charge in [0.1, 0.15) is 18.2 Å². The van der Waals surface area contributed by atoms with Gasteiger partial charge in [-0.3, -0.25) is 0 Å².